The molecule has 2 aromatic carbocycles. The van der Waals surface area contributed by atoms with Gasteiger partial charge in [-0.05, 0) is 42.0 Å². The van der Waals surface area contributed by atoms with Crippen molar-refractivity contribution in [2.75, 3.05) is 12.4 Å². The quantitative estimate of drug-likeness (QED) is 0.862. The first-order chi connectivity index (χ1) is 10.1. The van der Waals surface area contributed by atoms with Crippen molar-refractivity contribution in [3.63, 3.8) is 0 Å². The number of carbonyl (C=O) groups is 2. The number of nitrogens with one attached hydrogen (secondary N) is 1. The topological polar surface area (TPSA) is 55.4 Å². The van der Waals surface area contributed by atoms with Crippen molar-refractivity contribution in [2.45, 2.75) is 6.42 Å². The van der Waals surface area contributed by atoms with Crippen LogP contribution in [-0.4, -0.2) is 19.0 Å². The lowest BCUT2D eigenvalue weighted by Gasteiger charge is -2.06. The maximum atomic E-state index is 11.9. The number of carbonyl (C=O) groups excluding carboxylic acids is 2. The van der Waals surface area contributed by atoms with Crippen molar-refractivity contribution in [2.24, 2.45) is 0 Å². The van der Waals surface area contributed by atoms with Crippen molar-refractivity contribution < 1.29 is 14.3 Å². The molecular weight excluding hydrogens is 334 g/mol. The summed E-state index contributed by atoms with van der Waals surface area (Å²) in [5.74, 6) is -0.508. The van der Waals surface area contributed by atoms with Crippen LogP contribution in [0.4, 0.5) is 5.69 Å². The number of rotatable bonds is 4. The molecule has 21 heavy (non-hydrogen) atoms. The molecule has 0 aromatic heterocycles. The van der Waals surface area contributed by atoms with Gasteiger partial charge in [-0.1, -0.05) is 28.1 Å². The zero-order valence-electron chi connectivity index (χ0n) is 11.4. The Hall–Kier alpha value is -2.14. The van der Waals surface area contributed by atoms with Crippen LogP contribution in [-0.2, 0) is 16.0 Å². The average molecular weight is 348 g/mol. The molecule has 0 aliphatic rings. The maximum absolute atomic E-state index is 11.9. The van der Waals surface area contributed by atoms with Gasteiger partial charge in [-0.3, -0.25) is 4.79 Å². The number of anilines is 1. The smallest absolute Gasteiger partial charge is 0.337 e. The van der Waals surface area contributed by atoms with Gasteiger partial charge in [0.15, 0.2) is 0 Å². The highest BCUT2D eigenvalue weighted by Gasteiger charge is 2.07. The summed E-state index contributed by atoms with van der Waals surface area (Å²) in [5, 5.41) is 2.79. The molecule has 4 nitrogen and oxygen atoms in total. The Bertz CT molecular complexity index is 636. The van der Waals surface area contributed by atoms with Crippen LogP contribution in [0.3, 0.4) is 0 Å². The summed E-state index contributed by atoms with van der Waals surface area (Å²) in [6.07, 6.45) is 0.298. The molecule has 1 N–H and O–H groups in total. The van der Waals surface area contributed by atoms with Crippen molar-refractivity contribution in [1.29, 1.82) is 0 Å². The lowest BCUT2D eigenvalue weighted by atomic mass is 10.1. The third-order valence-corrected chi connectivity index (χ3v) is 3.40. The summed E-state index contributed by atoms with van der Waals surface area (Å²) >= 11 is 3.35. The Morgan fingerprint density at radius 3 is 2.24 bits per heavy atom. The van der Waals surface area contributed by atoms with Gasteiger partial charge in [0.2, 0.25) is 5.91 Å². The number of benzene rings is 2. The maximum Gasteiger partial charge on any atom is 0.337 e. The van der Waals surface area contributed by atoms with E-state index in [1.165, 1.54) is 7.11 Å². The van der Waals surface area contributed by atoms with E-state index in [1.54, 1.807) is 24.3 Å². The third kappa shape index (κ3) is 4.43. The molecule has 2 rings (SSSR count). The lowest BCUT2D eigenvalue weighted by Crippen LogP contribution is -2.14. The first kappa shape index (κ1) is 15.3. The van der Waals surface area contributed by atoms with E-state index in [9.17, 15) is 9.59 Å². The van der Waals surface area contributed by atoms with Gasteiger partial charge in [-0.25, -0.2) is 4.79 Å². The van der Waals surface area contributed by atoms with Crippen LogP contribution in [0.2, 0.25) is 0 Å². The molecule has 0 unspecified atom stereocenters. The summed E-state index contributed by atoms with van der Waals surface area (Å²) in [6, 6.07) is 14.1. The van der Waals surface area contributed by atoms with E-state index < -0.39 is 5.97 Å². The number of amides is 1. The fraction of sp³-hybridized carbons (Fsp3) is 0.125. The fourth-order valence-corrected chi connectivity index (χ4v) is 2.06. The second-order valence-corrected chi connectivity index (χ2v) is 5.34. The first-order valence-electron chi connectivity index (χ1n) is 6.31. The summed E-state index contributed by atoms with van der Waals surface area (Å²) in [5.41, 5.74) is 2.02. The molecule has 0 heterocycles. The minimum absolute atomic E-state index is 0.108. The minimum Gasteiger partial charge on any atom is -0.465 e. The van der Waals surface area contributed by atoms with Gasteiger partial charge in [-0.2, -0.15) is 0 Å². The second kappa shape index (κ2) is 7.04. The first-order valence-corrected chi connectivity index (χ1v) is 7.10. The molecule has 0 saturated heterocycles. The standard InChI is InChI=1S/C16H14BrNO3/c1-21-16(20)12-4-8-14(9-5-12)18-15(19)10-11-2-6-13(17)7-3-11/h2-9H,10H2,1H3,(H,18,19). The van der Waals surface area contributed by atoms with Crippen LogP contribution in [0.5, 0.6) is 0 Å². The predicted molar refractivity (Wildman–Crippen MR) is 84.3 cm³/mol. The Morgan fingerprint density at radius 1 is 1.05 bits per heavy atom. The number of ether oxygens (including phenoxy) is 1. The van der Waals surface area contributed by atoms with E-state index >= 15 is 0 Å². The molecule has 0 radical (unpaired) electrons. The SMILES string of the molecule is COC(=O)c1ccc(NC(=O)Cc2ccc(Br)cc2)cc1. The molecule has 0 spiro atoms. The highest BCUT2D eigenvalue weighted by molar-refractivity contribution is 9.10. The fourth-order valence-electron chi connectivity index (χ4n) is 1.80. The number of halogens is 1. The van der Waals surface area contributed by atoms with E-state index in [-0.39, 0.29) is 5.91 Å². The molecule has 1 amide bonds. The Balaban J connectivity index is 1.96. The largest absolute Gasteiger partial charge is 0.465 e. The zero-order valence-corrected chi connectivity index (χ0v) is 13.0. The number of esters is 1. The highest BCUT2D eigenvalue weighted by atomic mass is 79.9. The molecular formula is C16H14BrNO3. The van der Waals surface area contributed by atoms with Gasteiger partial charge in [0.25, 0.3) is 0 Å². The van der Waals surface area contributed by atoms with Crippen LogP contribution in [0, 0.1) is 0 Å². The second-order valence-electron chi connectivity index (χ2n) is 4.42. The van der Waals surface area contributed by atoms with Crippen LogP contribution < -0.4 is 5.32 Å². The molecule has 0 saturated carbocycles. The van der Waals surface area contributed by atoms with Crippen molar-refractivity contribution >= 4 is 33.5 Å². The van der Waals surface area contributed by atoms with Gasteiger partial charge in [0, 0.05) is 10.2 Å². The summed E-state index contributed by atoms with van der Waals surface area (Å²) in [4.78, 5) is 23.2. The molecule has 108 valence electrons. The van der Waals surface area contributed by atoms with Gasteiger partial charge in [-0.15, -0.1) is 0 Å². The molecule has 0 aliphatic carbocycles. The molecule has 2 aromatic rings. The minimum atomic E-state index is -0.400. The zero-order chi connectivity index (χ0) is 15.2. The van der Waals surface area contributed by atoms with E-state index in [1.807, 2.05) is 24.3 Å². The monoisotopic (exact) mass is 347 g/mol. The van der Waals surface area contributed by atoms with E-state index in [0.29, 0.717) is 17.7 Å². The number of hydrogen-bond donors (Lipinski definition) is 1. The van der Waals surface area contributed by atoms with Crippen LogP contribution in [0.1, 0.15) is 15.9 Å². The Morgan fingerprint density at radius 2 is 1.67 bits per heavy atom. The average Bonchev–Trinajstić information content (AvgIpc) is 2.49. The lowest BCUT2D eigenvalue weighted by molar-refractivity contribution is -0.115. The van der Waals surface area contributed by atoms with Crippen molar-refractivity contribution in [3.05, 3.63) is 64.1 Å². The normalized spacial score (nSPS) is 10.0. The molecule has 0 bridgehead atoms. The van der Waals surface area contributed by atoms with E-state index in [4.69, 9.17) is 0 Å². The highest BCUT2D eigenvalue weighted by Crippen LogP contribution is 2.13. The van der Waals surface area contributed by atoms with E-state index in [0.717, 1.165) is 10.0 Å². The third-order valence-electron chi connectivity index (χ3n) is 2.87. The summed E-state index contributed by atoms with van der Waals surface area (Å²) in [7, 11) is 1.33. The van der Waals surface area contributed by atoms with E-state index in [2.05, 4.69) is 26.0 Å². The number of methoxy groups -OCH3 is 1. The van der Waals surface area contributed by atoms with Gasteiger partial charge in [0.1, 0.15) is 0 Å². The molecule has 0 atom stereocenters. The van der Waals surface area contributed by atoms with Gasteiger partial charge < -0.3 is 10.1 Å². The molecule has 5 heteroatoms. The van der Waals surface area contributed by atoms with Gasteiger partial charge in [0.05, 0.1) is 19.1 Å². The predicted octanol–water partition coefficient (Wildman–Crippen LogP) is 3.42. The Labute approximate surface area is 131 Å². The van der Waals surface area contributed by atoms with Crippen LogP contribution >= 0.6 is 15.9 Å². The number of hydrogen-bond acceptors (Lipinski definition) is 3. The summed E-state index contributed by atoms with van der Waals surface area (Å²) < 4.78 is 5.59. The van der Waals surface area contributed by atoms with Crippen LogP contribution in [0.25, 0.3) is 0 Å². The summed E-state index contributed by atoms with van der Waals surface area (Å²) in [6.45, 7) is 0. The van der Waals surface area contributed by atoms with Crippen LogP contribution in [0.15, 0.2) is 53.0 Å². The Kier molecular flexibility index (Phi) is 5.11. The molecule has 0 aliphatic heterocycles. The van der Waals surface area contributed by atoms with Crippen molar-refractivity contribution in [1.82, 2.24) is 0 Å². The molecule has 0 fully saturated rings. The van der Waals surface area contributed by atoms with Gasteiger partial charge >= 0.3 is 5.97 Å². The van der Waals surface area contributed by atoms with Crippen molar-refractivity contribution in [3.8, 4) is 0 Å².